The number of carbonyl (C=O) groups excluding carboxylic acids is 1. The Morgan fingerprint density at radius 2 is 2.04 bits per heavy atom. The first-order valence-corrected chi connectivity index (χ1v) is 8.39. The van der Waals surface area contributed by atoms with Crippen molar-refractivity contribution in [2.24, 2.45) is 0 Å². The van der Waals surface area contributed by atoms with E-state index in [-0.39, 0.29) is 11.9 Å². The quantitative estimate of drug-likeness (QED) is 0.878. The smallest absolute Gasteiger partial charge is 0.227 e. The van der Waals surface area contributed by atoms with Gasteiger partial charge in [0, 0.05) is 37.2 Å². The van der Waals surface area contributed by atoms with Gasteiger partial charge in [0.25, 0.3) is 0 Å². The molecular weight excluding hydrogens is 304 g/mol. The summed E-state index contributed by atoms with van der Waals surface area (Å²) in [6.07, 6.45) is 4.19. The van der Waals surface area contributed by atoms with Gasteiger partial charge in [0.05, 0.1) is 26.2 Å². The maximum atomic E-state index is 12.3. The third-order valence-corrected chi connectivity index (χ3v) is 4.11. The maximum absolute atomic E-state index is 12.3. The molecule has 1 aromatic heterocycles. The lowest BCUT2D eigenvalue weighted by Gasteiger charge is -2.26. The number of benzene rings is 1. The lowest BCUT2D eigenvalue weighted by Crippen LogP contribution is -2.41. The predicted octanol–water partition coefficient (Wildman–Crippen LogP) is 1.78. The van der Waals surface area contributed by atoms with Gasteiger partial charge in [-0.25, -0.2) is 0 Å². The molecule has 0 spiro atoms. The summed E-state index contributed by atoms with van der Waals surface area (Å²) in [6, 6.07) is 10.3. The molecule has 0 bridgehead atoms. The topological polar surface area (TPSA) is 59.4 Å². The number of anilines is 1. The molecule has 0 saturated carbocycles. The SMILES string of the molecule is C[C@@H](Cn1cccn1)Nc1ccc(CC(=O)N2CCOCC2)cc1. The van der Waals surface area contributed by atoms with Crippen LogP contribution in [-0.2, 0) is 22.5 Å². The van der Waals surface area contributed by atoms with Crippen LogP contribution in [0.1, 0.15) is 12.5 Å². The van der Waals surface area contributed by atoms with E-state index in [0.29, 0.717) is 32.7 Å². The number of hydrogen-bond donors (Lipinski definition) is 1. The van der Waals surface area contributed by atoms with Crippen LogP contribution in [0.15, 0.2) is 42.7 Å². The fraction of sp³-hybridized carbons (Fsp3) is 0.444. The average molecular weight is 328 g/mol. The highest BCUT2D eigenvalue weighted by atomic mass is 16.5. The molecule has 1 aliphatic rings. The fourth-order valence-corrected chi connectivity index (χ4v) is 2.84. The third kappa shape index (κ3) is 4.58. The Balaban J connectivity index is 1.50. The molecule has 0 radical (unpaired) electrons. The Bertz CT molecular complexity index is 634. The Morgan fingerprint density at radius 3 is 2.71 bits per heavy atom. The fourth-order valence-electron chi connectivity index (χ4n) is 2.84. The largest absolute Gasteiger partial charge is 0.381 e. The van der Waals surface area contributed by atoms with E-state index in [2.05, 4.69) is 17.3 Å². The lowest BCUT2D eigenvalue weighted by molar-refractivity contribution is -0.134. The van der Waals surface area contributed by atoms with Gasteiger partial charge in [0.1, 0.15) is 0 Å². The Kier molecular flexibility index (Phi) is 5.48. The monoisotopic (exact) mass is 328 g/mol. The number of morpholine rings is 1. The third-order valence-electron chi connectivity index (χ3n) is 4.11. The van der Waals surface area contributed by atoms with Gasteiger partial charge in [-0.1, -0.05) is 12.1 Å². The highest BCUT2D eigenvalue weighted by Gasteiger charge is 2.16. The maximum Gasteiger partial charge on any atom is 0.227 e. The molecule has 128 valence electrons. The van der Waals surface area contributed by atoms with E-state index >= 15 is 0 Å². The zero-order valence-corrected chi connectivity index (χ0v) is 14.0. The molecule has 1 fully saturated rings. The summed E-state index contributed by atoms with van der Waals surface area (Å²) in [5, 5.41) is 7.67. The van der Waals surface area contributed by atoms with Crippen molar-refractivity contribution in [1.82, 2.24) is 14.7 Å². The van der Waals surface area contributed by atoms with Crippen LogP contribution in [0.25, 0.3) is 0 Å². The lowest BCUT2D eigenvalue weighted by atomic mass is 10.1. The second kappa shape index (κ2) is 7.97. The molecule has 2 heterocycles. The molecule has 3 rings (SSSR count). The zero-order valence-electron chi connectivity index (χ0n) is 14.0. The minimum Gasteiger partial charge on any atom is -0.381 e. The Morgan fingerprint density at radius 1 is 1.29 bits per heavy atom. The molecule has 1 amide bonds. The van der Waals surface area contributed by atoms with Crippen molar-refractivity contribution < 1.29 is 9.53 Å². The number of ether oxygens (including phenoxy) is 1. The molecule has 6 heteroatoms. The van der Waals surface area contributed by atoms with Crippen molar-refractivity contribution >= 4 is 11.6 Å². The van der Waals surface area contributed by atoms with Crippen molar-refractivity contribution in [3.8, 4) is 0 Å². The number of rotatable bonds is 6. The second-order valence-corrected chi connectivity index (χ2v) is 6.14. The van der Waals surface area contributed by atoms with Crippen molar-refractivity contribution in [3.05, 3.63) is 48.3 Å². The summed E-state index contributed by atoms with van der Waals surface area (Å²) in [5.74, 6) is 0.172. The van der Waals surface area contributed by atoms with Crippen LogP contribution in [0.4, 0.5) is 5.69 Å². The van der Waals surface area contributed by atoms with Gasteiger partial charge in [0.2, 0.25) is 5.91 Å². The number of nitrogens with zero attached hydrogens (tertiary/aromatic N) is 3. The van der Waals surface area contributed by atoms with E-state index in [0.717, 1.165) is 17.8 Å². The molecule has 1 atom stereocenters. The van der Waals surface area contributed by atoms with Crippen LogP contribution in [-0.4, -0.2) is 52.9 Å². The Labute approximate surface area is 142 Å². The standard InChI is InChI=1S/C18H24N4O2/c1-15(14-22-8-2-7-19-22)20-17-5-3-16(4-6-17)13-18(23)21-9-11-24-12-10-21/h2-8,15,20H,9-14H2,1H3/t15-/m0/s1. The van der Waals surface area contributed by atoms with E-state index in [4.69, 9.17) is 4.74 Å². The summed E-state index contributed by atoms with van der Waals surface area (Å²) in [4.78, 5) is 14.1. The number of nitrogens with one attached hydrogen (secondary N) is 1. The molecule has 1 aromatic carbocycles. The van der Waals surface area contributed by atoms with Crippen molar-refractivity contribution in [2.75, 3.05) is 31.6 Å². The zero-order chi connectivity index (χ0) is 16.8. The van der Waals surface area contributed by atoms with Gasteiger partial charge < -0.3 is 15.0 Å². The molecular formula is C18H24N4O2. The molecule has 0 aliphatic carbocycles. The summed E-state index contributed by atoms with van der Waals surface area (Å²) < 4.78 is 7.19. The number of carbonyl (C=O) groups is 1. The average Bonchev–Trinajstić information content (AvgIpc) is 3.10. The first-order chi connectivity index (χ1) is 11.7. The van der Waals surface area contributed by atoms with E-state index in [1.54, 1.807) is 6.20 Å². The first-order valence-electron chi connectivity index (χ1n) is 8.39. The van der Waals surface area contributed by atoms with Crippen LogP contribution < -0.4 is 5.32 Å². The van der Waals surface area contributed by atoms with E-state index in [9.17, 15) is 4.79 Å². The second-order valence-electron chi connectivity index (χ2n) is 6.14. The molecule has 2 aromatic rings. The van der Waals surface area contributed by atoms with Crippen LogP contribution in [0.5, 0.6) is 0 Å². The molecule has 6 nitrogen and oxygen atoms in total. The summed E-state index contributed by atoms with van der Waals surface area (Å²) in [5.41, 5.74) is 2.09. The highest BCUT2D eigenvalue weighted by Crippen LogP contribution is 2.13. The summed E-state index contributed by atoms with van der Waals surface area (Å²) in [6.45, 7) is 5.61. The van der Waals surface area contributed by atoms with Crippen molar-refractivity contribution in [2.45, 2.75) is 25.9 Å². The van der Waals surface area contributed by atoms with Gasteiger partial charge >= 0.3 is 0 Å². The highest BCUT2D eigenvalue weighted by molar-refractivity contribution is 5.79. The molecule has 1 N–H and O–H groups in total. The van der Waals surface area contributed by atoms with E-state index in [1.807, 2.05) is 46.1 Å². The minimum atomic E-state index is 0.172. The minimum absolute atomic E-state index is 0.172. The van der Waals surface area contributed by atoms with E-state index in [1.165, 1.54) is 0 Å². The summed E-state index contributed by atoms with van der Waals surface area (Å²) >= 11 is 0. The predicted molar refractivity (Wildman–Crippen MR) is 92.9 cm³/mol. The van der Waals surface area contributed by atoms with Crippen molar-refractivity contribution in [3.63, 3.8) is 0 Å². The normalized spacial score (nSPS) is 16.0. The number of amides is 1. The number of hydrogen-bond acceptors (Lipinski definition) is 4. The molecule has 1 saturated heterocycles. The van der Waals surface area contributed by atoms with Gasteiger partial charge in [-0.3, -0.25) is 9.48 Å². The number of aromatic nitrogens is 2. The molecule has 0 unspecified atom stereocenters. The summed E-state index contributed by atoms with van der Waals surface area (Å²) in [7, 11) is 0. The molecule has 1 aliphatic heterocycles. The van der Waals surface area contributed by atoms with Crippen LogP contribution >= 0.6 is 0 Å². The van der Waals surface area contributed by atoms with Crippen LogP contribution in [0.3, 0.4) is 0 Å². The first kappa shape index (κ1) is 16.5. The Hall–Kier alpha value is -2.34. The van der Waals surface area contributed by atoms with Gasteiger partial charge in [-0.2, -0.15) is 5.10 Å². The van der Waals surface area contributed by atoms with Gasteiger partial charge in [-0.15, -0.1) is 0 Å². The van der Waals surface area contributed by atoms with Crippen LogP contribution in [0.2, 0.25) is 0 Å². The van der Waals surface area contributed by atoms with Crippen LogP contribution in [0, 0.1) is 0 Å². The van der Waals surface area contributed by atoms with Crippen molar-refractivity contribution in [1.29, 1.82) is 0 Å². The van der Waals surface area contributed by atoms with Gasteiger partial charge in [-0.05, 0) is 30.7 Å². The molecule has 24 heavy (non-hydrogen) atoms. The van der Waals surface area contributed by atoms with E-state index < -0.39 is 0 Å². The van der Waals surface area contributed by atoms with Gasteiger partial charge in [0.15, 0.2) is 0 Å².